The monoisotopic (exact) mass is 281 g/mol. The van der Waals surface area contributed by atoms with Gasteiger partial charge >= 0.3 is 5.97 Å². The largest absolute Gasteiger partial charge is 0.481 e. The Morgan fingerprint density at radius 1 is 1.40 bits per heavy atom. The van der Waals surface area contributed by atoms with Gasteiger partial charge in [0.1, 0.15) is 5.82 Å². The van der Waals surface area contributed by atoms with Crippen molar-refractivity contribution in [1.82, 2.24) is 4.90 Å². The molecule has 1 aromatic carbocycles. The van der Waals surface area contributed by atoms with Gasteiger partial charge in [-0.15, -0.1) is 0 Å². The number of hydrogen-bond donors (Lipinski definition) is 1. The van der Waals surface area contributed by atoms with E-state index in [1.807, 2.05) is 13.0 Å². The van der Waals surface area contributed by atoms with E-state index in [0.717, 1.165) is 5.56 Å². The van der Waals surface area contributed by atoms with E-state index in [4.69, 9.17) is 5.11 Å². The zero-order chi connectivity index (χ0) is 15.1. The molecular weight excluding hydrogens is 261 g/mol. The lowest BCUT2D eigenvalue weighted by molar-refractivity contribution is -0.138. The fourth-order valence-corrected chi connectivity index (χ4v) is 1.98. The topological polar surface area (TPSA) is 57.6 Å². The number of carbonyl (C=O) groups is 2. The molecule has 0 aliphatic carbocycles. The minimum atomic E-state index is -0.919. The molecule has 1 amide bonds. The van der Waals surface area contributed by atoms with Gasteiger partial charge in [0, 0.05) is 20.0 Å². The number of carboxylic acid groups (broad SMARTS) is 1. The Morgan fingerprint density at radius 3 is 2.70 bits per heavy atom. The normalized spacial score (nSPS) is 11.9. The average Bonchev–Trinajstić information content (AvgIpc) is 2.35. The summed E-state index contributed by atoms with van der Waals surface area (Å²) in [4.78, 5) is 23.8. The molecule has 0 aliphatic heterocycles. The minimum Gasteiger partial charge on any atom is -0.481 e. The second-order valence-electron chi connectivity index (χ2n) is 5.10. The zero-order valence-corrected chi connectivity index (χ0v) is 11.8. The predicted octanol–water partition coefficient (Wildman–Crippen LogP) is 2.33. The number of carboxylic acids is 1. The molecule has 5 heteroatoms. The van der Waals surface area contributed by atoms with Gasteiger partial charge in [0.25, 0.3) is 0 Å². The highest BCUT2D eigenvalue weighted by Crippen LogP contribution is 2.14. The Balaban J connectivity index is 2.43. The zero-order valence-electron chi connectivity index (χ0n) is 11.8. The van der Waals surface area contributed by atoms with Crippen LogP contribution in [0.1, 0.15) is 25.3 Å². The molecule has 1 rings (SSSR count). The number of amides is 1. The lowest BCUT2D eigenvalue weighted by Crippen LogP contribution is -2.30. The molecular formula is C15H20FNO3. The average molecular weight is 281 g/mol. The molecule has 0 saturated heterocycles. The van der Waals surface area contributed by atoms with Gasteiger partial charge in [-0.25, -0.2) is 4.39 Å². The molecule has 0 aromatic heterocycles. The molecule has 0 bridgehead atoms. The quantitative estimate of drug-likeness (QED) is 0.834. The number of carbonyl (C=O) groups excluding carboxylic acids is 1. The number of rotatable bonds is 7. The van der Waals surface area contributed by atoms with Crippen molar-refractivity contribution in [2.75, 3.05) is 13.6 Å². The first-order valence-corrected chi connectivity index (χ1v) is 6.58. The summed E-state index contributed by atoms with van der Waals surface area (Å²) in [7, 11) is 1.60. The fraction of sp³-hybridized carbons (Fsp3) is 0.467. The van der Waals surface area contributed by atoms with Crippen molar-refractivity contribution in [2.45, 2.75) is 26.2 Å². The molecule has 1 atom stereocenters. The Kier molecular flexibility index (Phi) is 6.15. The summed E-state index contributed by atoms with van der Waals surface area (Å²) in [6.07, 6.45) is 0.892. The van der Waals surface area contributed by atoms with Crippen molar-refractivity contribution in [3.8, 4) is 0 Å². The van der Waals surface area contributed by atoms with Gasteiger partial charge in [-0.3, -0.25) is 9.59 Å². The van der Waals surface area contributed by atoms with Crippen LogP contribution in [0.3, 0.4) is 0 Å². The molecule has 20 heavy (non-hydrogen) atoms. The molecule has 0 saturated carbocycles. The van der Waals surface area contributed by atoms with E-state index in [-0.39, 0.29) is 30.6 Å². The molecule has 1 N–H and O–H groups in total. The Labute approximate surface area is 118 Å². The Bertz CT molecular complexity index is 476. The maximum atomic E-state index is 13.1. The standard InChI is InChI=1S/C15H20FNO3/c1-11(8-12-4-3-5-13(16)10-12)9-14(18)17(2)7-6-15(19)20/h3-5,10-11H,6-9H2,1-2H3,(H,19,20). The van der Waals surface area contributed by atoms with Gasteiger partial charge in [0.2, 0.25) is 5.91 Å². The van der Waals surface area contributed by atoms with Gasteiger partial charge in [-0.05, 0) is 30.0 Å². The highest BCUT2D eigenvalue weighted by molar-refractivity contribution is 5.77. The molecule has 1 unspecified atom stereocenters. The maximum Gasteiger partial charge on any atom is 0.305 e. The molecule has 0 aliphatic rings. The first-order valence-electron chi connectivity index (χ1n) is 6.58. The Morgan fingerprint density at radius 2 is 2.10 bits per heavy atom. The first kappa shape index (κ1) is 16.1. The van der Waals surface area contributed by atoms with Crippen molar-refractivity contribution in [1.29, 1.82) is 0 Å². The number of halogens is 1. The molecule has 0 heterocycles. The molecule has 0 fully saturated rings. The van der Waals surface area contributed by atoms with E-state index >= 15 is 0 Å². The van der Waals surface area contributed by atoms with E-state index in [9.17, 15) is 14.0 Å². The van der Waals surface area contributed by atoms with Crippen molar-refractivity contribution in [3.05, 3.63) is 35.6 Å². The van der Waals surface area contributed by atoms with Gasteiger partial charge in [0.15, 0.2) is 0 Å². The minimum absolute atomic E-state index is 0.0550. The van der Waals surface area contributed by atoms with Gasteiger partial charge in [-0.1, -0.05) is 19.1 Å². The van der Waals surface area contributed by atoms with E-state index in [0.29, 0.717) is 12.8 Å². The van der Waals surface area contributed by atoms with Gasteiger partial charge < -0.3 is 10.0 Å². The van der Waals surface area contributed by atoms with Crippen molar-refractivity contribution in [3.63, 3.8) is 0 Å². The van der Waals surface area contributed by atoms with Crippen LogP contribution in [-0.2, 0) is 16.0 Å². The summed E-state index contributed by atoms with van der Waals surface area (Å²) >= 11 is 0. The maximum absolute atomic E-state index is 13.1. The molecule has 4 nitrogen and oxygen atoms in total. The third-order valence-corrected chi connectivity index (χ3v) is 3.08. The highest BCUT2D eigenvalue weighted by atomic mass is 19.1. The molecule has 110 valence electrons. The fourth-order valence-electron chi connectivity index (χ4n) is 1.98. The van der Waals surface area contributed by atoms with E-state index in [1.54, 1.807) is 13.1 Å². The smallest absolute Gasteiger partial charge is 0.305 e. The van der Waals surface area contributed by atoms with Crippen LogP contribution in [-0.4, -0.2) is 35.5 Å². The summed E-state index contributed by atoms with van der Waals surface area (Å²) < 4.78 is 13.1. The summed E-state index contributed by atoms with van der Waals surface area (Å²) in [5.41, 5.74) is 0.860. The first-order chi connectivity index (χ1) is 9.38. The highest BCUT2D eigenvalue weighted by Gasteiger charge is 2.14. The lowest BCUT2D eigenvalue weighted by atomic mass is 9.97. The van der Waals surface area contributed by atoms with Crippen molar-refractivity contribution >= 4 is 11.9 Å². The van der Waals surface area contributed by atoms with E-state index in [1.165, 1.54) is 17.0 Å². The summed E-state index contributed by atoms with van der Waals surface area (Å²) in [5, 5.41) is 8.57. The number of nitrogens with zero attached hydrogens (tertiary/aromatic N) is 1. The van der Waals surface area contributed by atoms with Crippen LogP contribution in [0.2, 0.25) is 0 Å². The molecule has 1 aromatic rings. The summed E-state index contributed by atoms with van der Waals surface area (Å²) in [5.74, 6) is -1.20. The summed E-state index contributed by atoms with van der Waals surface area (Å²) in [6.45, 7) is 2.13. The number of hydrogen-bond acceptors (Lipinski definition) is 2. The summed E-state index contributed by atoms with van der Waals surface area (Å²) in [6, 6.07) is 6.34. The third kappa shape index (κ3) is 5.82. The van der Waals surface area contributed by atoms with Crippen LogP contribution < -0.4 is 0 Å². The van der Waals surface area contributed by atoms with Crippen LogP contribution in [0.25, 0.3) is 0 Å². The van der Waals surface area contributed by atoms with Crippen LogP contribution in [0.5, 0.6) is 0 Å². The third-order valence-electron chi connectivity index (χ3n) is 3.08. The predicted molar refractivity (Wildman–Crippen MR) is 73.8 cm³/mol. The van der Waals surface area contributed by atoms with Crippen molar-refractivity contribution in [2.24, 2.45) is 5.92 Å². The van der Waals surface area contributed by atoms with Crippen LogP contribution in [0.15, 0.2) is 24.3 Å². The van der Waals surface area contributed by atoms with Crippen LogP contribution in [0, 0.1) is 11.7 Å². The van der Waals surface area contributed by atoms with E-state index in [2.05, 4.69) is 0 Å². The van der Waals surface area contributed by atoms with Gasteiger partial charge in [-0.2, -0.15) is 0 Å². The lowest BCUT2D eigenvalue weighted by Gasteiger charge is -2.19. The Hall–Kier alpha value is -1.91. The van der Waals surface area contributed by atoms with Crippen molar-refractivity contribution < 1.29 is 19.1 Å². The van der Waals surface area contributed by atoms with E-state index < -0.39 is 5.97 Å². The number of aliphatic carboxylic acids is 1. The van der Waals surface area contributed by atoms with Gasteiger partial charge in [0.05, 0.1) is 6.42 Å². The second-order valence-corrected chi connectivity index (χ2v) is 5.10. The SMILES string of the molecule is CC(CC(=O)N(C)CCC(=O)O)Cc1cccc(F)c1. The molecule has 0 spiro atoms. The number of benzene rings is 1. The van der Waals surface area contributed by atoms with Crippen LogP contribution in [0.4, 0.5) is 4.39 Å². The second kappa shape index (κ2) is 7.62. The molecule has 0 radical (unpaired) electrons. The van der Waals surface area contributed by atoms with Crippen LogP contribution >= 0.6 is 0 Å².